The summed E-state index contributed by atoms with van der Waals surface area (Å²) in [7, 11) is 0. The molecule has 0 aliphatic rings. The molecule has 1 N–H and O–H groups in total. The van der Waals surface area contributed by atoms with Crippen LogP contribution in [0.25, 0.3) is 0 Å². The van der Waals surface area contributed by atoms with Gasteiger partial charge in [-0.05, 0) is 35.6 Å². The largest absolute Gasteiger partial charge is 0.494 e. The Kier molecular flexibility index (Phi) is 5.33. The van der Waals surface area contributed by atoms with Gasteiger partial charge >= 0.3 is 0 Å². The lowest BCUT2D eigenvalue weighted by molar-refractivity contribution is 0.278. The van der Waals surface area contributed by atoms with Gasteiger partial charge in [-0.3, -0.25) is 0 Å². The van der Waals surface area contributed by atoms with Crippen molar-refractivity contribution in [2.24, 2.45) is 0 Å². The van der Waals surface area contributed by atoms with Gasteiger partial charge in [0.15, 0.2) is 0 Å². The van der Waals surface area contributed by atoms with E-state index in [2.05, 4.69) is 26.8 Å². The Balaban J connectivity index is 2.78. The average Bonchev–Trinajstić information content (AvgIpc) is 2.29. The topological polar surface area (TPSA) is 29.5 Å². The number of hydrogen-bond donors (Lipinski definition) is 1. The highest BCUT2D eigenvalue weighted by molar-refractivity contribution is 5.35. The molecule has 2 nitrogen and oxygen atoms in total. The number of ether oxygens (including phenoxy) is 1. The first-order valence-electron chi connectivity index (χ1n) is 6.05. The molecule has 0 spiro atoms. The normalized spacial score (nSPS) is 10.8. The minimum atomic E-state index is 0.0741. The molecule has 16 heavy (non-hydrogen) atoms. The predicted octanol–water partition coefficient (Wildman–Crippen LogP) is 3.48. The number of aliphatic hydroxyl groups is 1. The molecule has 0 bridgehead atoms. The van der Waals surface area contributed by atoms with Crippen LogP contribution in [-0.2, 0) is 6.61 Å². The van der Waals surface area contributed by atoms with E-state index in [-0.39, 0.29) is 6.61 Å². The van der Waals surface area contributed by atoms with E-state index >= 15 is 0 Å². The quantitative estimate of drug-likeness (QED) is 0.747. The van der Waals surface area contributed by atoms with Crippen molar-refractivity contribution in [1.82, 2.24) is 0 Å². The van der Waals surface area contributed by atoms with Crippen LogP contribution >= 0.6 is 0 Å². The fourth-order valence-electron chi connectivity index (χ4n) is 1.53. The van der Waals surface area contributed by atoms with Gasteiger partial charge in [0.1, 0.15) is 5.75 Å². The SMILES string of the molecule is CCCCOc1cc(CO)cc(C(C)C)c1. The third-order valence-electron chi connectivity index (χ3n) is 2.60. The zero-order chi connectivity index (χ0) is 12.0. The second-order valence-corrected chi connectivity index (χ2v) is 4.43. The van der Waals surface area contributed by atoms with Crippen molar-refractivity contribution in [3.8, 4) is 5.75 Å². The van der Waals surface area contributed by atoms with Crippen molar-refractivity contribution < 1.29 is 9.84 Å². The molecule has 1 aromatic carbocycles. The molecule has 0 unspecified atom stereocenters. The highest BCUT2D eigenvalue weighted by Gasteiger charge is 2.04. The zero-order valence-corrected chi connectivity index (χ0v) is 10.5. The van der Waals surface area contributed by atoms with E-state index in [0.29, 0.717) is 5.92 Å². The highest BCUT2D eigenvalue weighted by Crippen LogP contribution is 2.23. The number of rotatable bonds is 6. The minimum absolute atomic E-state index is 0.0741. The summed E-state index contributed by atoms with van der Waals surface area (Å²) < 4.78 is 5.67. The molecular formula is C14H22O2. The van der Waals surface area contributed by atoms with E-state index in [9.17, 15) is 5.11 Å². The standard InChI is InChI=1S/C14H22O2/c1-4-5-6-16-14-8-12(10-15)7-13(9-14)11(2)3/h7-9,11,15H,4-6,10H2,1-3H3. The van der Waals surface area contributed by atoms with E-state index in [1.807, 2.05) is 12.1 Å². The summed E-state index contributed by atoms with van der Waals surface area (Å²) in [5.41, 5.74) is 2.15. The van der Waals surface area contributed by atoms with Crippen LogP contribution < -0.4 is 4.74 Å². The summed E-state index contributed by atoms with van der Waals surface area (Å²) in [6.07, 6.45) is 2.21. The van der Waals surface area contributed by atoms with Gasteiger partial charge < -0.3 is 9.84 Å². The Morgan fingerprint density at radius 1 is 1.25 bits per heavy atom. The second-order valence-electron chi connectivity index (χ2n) is 4.43. The fraction of sp³-hybridized carbons (Fsp3) is 0.571. The summed E-state index contributed by atoms with van der Waals surface area (Å²) in [6.45, 7) is 7.26. The molecule has 0 aliphatic carbocycles. The van der Waals surface area contributed by atoms with Crippen LogP contribution in [0.3, 0.4) is 0 Å². The smallest absolute Gasteiger partial charge is 0.119 e. The first kappa shape index (κ1) is 13.0. The minimum Gasteiger partial charge on any atom is -0.494 e. The molecule has 90 valence electrons. The molecular weight excluding hydrogens is 200 g/mol. The Morgan fingerprint density at radius 2 is 2.00 bits per heavy atom. The lowest BCUT2D eigenvalue weighted by Gasteiger charge is -2.12. The van der Waals surface area contributed by atoms with Crippen molar-refractivity contribution in [3.63, 3.8) is 0 Å². The van der Waals surface area contributed by atoms with Crippen molar-refractivity contribution in [1.29, 1.82) is 0 Å². The Labute approximate surface area is 98.3 Å². The summed E-state index contributed by atoms with van der Waals surface area (Å²) in [5, 5.41) is 9.18. The van der Waals surface area contributed by atoms with E-state index < -0.39 is 0 Å². The third-order valence-corrected chi connectivity index (χ3v) is 2.60. The summed E-state index contributed by atoms with van der Waals surface area (Å²) in [5.74, 6) is 1.34. The van der Waals surface area contributed by atoms with Gasteiger partial charge in [-0.1, -0.05) is 33.3 Å². The number of benzene rings is 1. The maximum Gasteiger partial charge on any atom is 0.119 e. The highest BCUT2D eigenvalue weighted by atomic mass is 16.5. The van der Waals surface area contributed by atoms with Crippen molar-refractivity contribution in [3.05, 3.63) is 29.3 Å². The van der Waals surface area contributed by atoms with Crippen LogP contribution in [0.1, 0.15) is 50.7 Å². The van der Waals surface area contributed by atoms with Gasteiger partial charge in [0, 0.05) is 0 Å². The fourth-order valence-corrected chi connectivity index (χ4v) is 1.53. The molecule has 1 rings (SSSR count). The molecule has 0 saturated carbocycles. The molecule has 0 heterocycles. The Bertz CT molecular complexity index is 319. The van der Waals surface area contributed by atoms with Crippen molar-refractivity contribution in [2.75, 3.05) is 6.61 Å². The van der Waals surface area contributed by atoms with Crippen LogP contribution in [0.15, 0.2) is 18.2 Å². The van der Waals surface area contributed by atoms with E-state index in [4.69, 9.17) is 4.74 Å². The van der Waals surface area contributed by atoms with Crippen molar-refractivity contribution in [2.45, 2.75) is 46.1 Å². The van der Waals surface area contributed by atoms with Gasteiger partial charge in [-0.25, -0.2) is 0 Å². The number of hydrogen-bond acceptors (Lipinski definition) is 2. The maximum atomic E-state index is 9.18. The molecule has 0 radical (unpaired) electrons. The van der Waals surface area contributed by atoms with E-state index in [1.165, 1.54) is 5.56 Å². The van der Waals surface area contributed by atoms with Crippen LogP contribution in [-0.4, -0.2) is 11.7 Å². The zero-order valence-electron chi connectivity index (χ0n) is 10.5. The third kappa shape index (κ3) is 3.86. The summed E-state index contributed by atoms with van der Waals surface area (Å²) >= 11 is 0. The summed E-state index contributed by atoms with van der Waals surface area (Å²) in [6, 6.07) is 6.03. The van der Waals surface area contributed by atoms with Gasteiger partial charge in [0.2, 0.25) is 0 Å². The molecule has 0 aliphatic heterocycles. The van der Waals surface area contributed by atoms with Crippen LogP contribution in [0.4, 0.5) is 0 Å². The Morgan fingerprint density at radius 3 is 2.56 bits per heavy atom. The molecule has 0 fully saturated rings. The average molecular weight is 222 g/mol. The van der Waals surface area contributed by atoms with Crippen molar-refractivity contribution >= 4 is 0 Å². The van der Waals surface area contributed by atoms with E-state index in [1.54, 1.807) is 0 Å². The predicted molar refractivity (Wildman–Crippen MR) is 66.9 cm³/mol. The molecule has 0 atom stereocenters. The van der Waals surface area contributed by atoms with Gasteiger partial charge in [0.25, 0.3) is 0 Å². The number of aliphatic hydroxyl groups excluding tert-OH is 1. The molecule has 0 amide bonds. The van der Waals surface area contributed by atoms with Crippen LogP contribution in [0, 0.1) is 0 Å². The lowest BCUT2D eigenvalue weighted by Crippen LogP contribution is -1.99. The monoisotopic (exact) mass is 222 g/mol. The van der Waals surface area contributed by atoms with Gasteiger partial charge in [-0.2, -0.15) is 0 Å². The number of unbranched alkanes of at least 4 members (excludes halogenated alkanes) is 1. The molecule has 1 aromatic rings. The van der Waals surface area contributed by atoms with Gasteiger partial charge in [-0.15, -0.1) is 0 Å². The van der Waals surface area contributed by atoms with Gasteiger partial charge in [0.05, 0.1) is 13.2 Å². The molecule has 0 aromatic heterocycles. The second kappa shape index (κ2) is 6.54. The van der Waals surface area contributed by atoms with E-state index in [0.717, 1.165) is 30.8 Å². The van der Waals surface area contributed by atoms with Crippen LogP contribution in [0.2, 0.25) is 0 Å². The first-order valence-corrected chi connectivity index (χ1v) is 6.05. The maximum absolute atomic E-state index is 9.18. The lowest BCUT2D eigenvalue weighted by atomic mass is 10.0. The first-order chi connectivity index (χ1) is 7.67. The summed E-state index contributed by atoms with van der Waals surface area (Å²) in [4.78, 5) is 0. The molecule has 2 heteroatoms. The molecule has 0 saturated heterocycles. The van der Waals surface area contributed by atoms with Crippen LogP contribution in [0.5, 0.6) is 5.75 Å². The Hall–Kier alpha value is -1.02.